The van der Waals surface area contributed by atoms with Crippen molar-refractivity contribution in [3.63, 3.8) is 0 Å². The van der Waals surface area contributed by atoms with E-state index >= 15 is 0 Å². The lowest BCUT2D eigenvalue weighted by Crippen LogP contribution is -2.32. The largest absolute Gasteiger partial charge is 0.462 e. The number of carbonyl (C=O) groups is 2. The molecule has 0 aliphatic rings. The van der Waals surface area contributed by atoms with Crippen molar-refractivity contribution in [3.8, 4) is 0 Å². The minimum absolute atomic E-state index is 0.0693. The molecule has 5 heteroatoms. The Morgan fingerprint density at radius 3 is 2.31 bits per heavy atom. The van der Waals surface area contributed by atoms with Gasteiger partial charge >= 0.3 is 5.97 Å². The molecular formula is C21H23NO3S. The molecule has 0 aliphatic heterocycles. The molecule has 26 heavy (non-hydrogen) atoms. The highest BCUT2D eigenvalue weighted by molar-refractivity contribution is 8.00. The van der Waals surface area contributed by atoms with E-state index in [4.69, 9.17) is 4.74 Å². The standard InChI is InChI=1S/C21H23NO3S/c1-18(23)25-15-9-8-14-22(16-19-10-4-2-5-11-19)21(24)17-26-20-12-6-3-7-13-20/h2-13H,14-17H2,1H3/b9-8+. The maximum absolute atomic E-state index is 12.7. The predicted molar refractivity (Wildman–Crippen MR) is 105 cm³/mol. The second-order valence-electron chi connectivity index (χ2n) is 5.64. The summed E-state index contributed by atoms with van der Waals surface area (Å²) in [5, 5.41) is 0. The molecule has 1 amide bonds. The summed E-state index contributed by atoms with van der Waals surface area (Å²) in [7, 11) is 0. The van der Waals surface area contributed by atoms with Crippen LogP contribution in [0.2, 0.25) is 0 Å². The Balaban J connectivity index is 1.94. The van der Waals surface area contributed by atoms with Gasteiger partial charge in [0.2, 0.25) is 5.91 Å². The molecule has 2 aromatic rings. The van der Waals surface area contributed by atoms with Crippen LogP contribution in [-0.2, 0) is 20.9 Å². The predicted octanol–water partition coefficient (Wildman–Crippen LogP) is 3.93. The van der Waals surface area contributed by atoms with Crippen LogP contribution in [-0.4, -0.2) is 35.7 Å². The van der Waals surface area contributed by atoms with Crippen LogP contribution in [0.1, 0.15) is 12.5 Å². The average Bonchev–Trinajstić information content (AvgIpc) is 2.66. The van der Waals surface area contributed by atoms with E-state index in [-0.39, 0.29) is 18.5 Å². The number of hydrogen-bond donors (Lipinski definition) is 0. The van der Waals surface area contributed by atoms with E-state index in [9.17, 15) is 9.59 Å². The molecule has 2 aromatic carbocycles. The number of thioether (sulfide) groups is 1. The van der Waals surface area contributed by atoms with Gasteiger partial charge in [-0.3, -0.25) is 9.59 Å². The SMILES string of the molecule is CC(=O)OC/C=C/CN(Cc1ccccc1)C(=O)CSc1ccccc1. The number of rotatable bonds is 9. The number of ether oxygens (including phenoxy) is 1. The second-order valence-corrected chi connectivity index (χ2v) is 6.68. The van der Waals surface area contributed by atoms with E-state index in [2.05, 4.69) is 0 Å². The fraction of sp³-hybridized carbons (Fsp3) is 0.238. The van der Waals surface area contributed by atoms with Gasteiger partial charge in [-0.25, -0.2) is 0 Å². The van der Waals surface area contributed by atoms with Crippen molar-refractivity contribution in [2.24, 2.45) is 0 Å². The summed E-state index contributed by atoms with van der Waals surface area (Å²) < 4.78 is 4.87. The minimum Gasteiger partial charge on any atom is -0.462 e. The number of amides is 1. The van der Waals surface area contributed by atoms with Crippen molar-refractivity contribution in [1.82, 2.24) is 4.90 Å². The molecule has 0 unspecified atom stereocenters. The Morgan fingerprint density at radius 1 is 1.00 bits per heavy atom. The van der Waals surface area contributed by atoms with Gasteiger partial charge in [-0.15, -0.1) is 11.8 Å². The molecule has 0 fully saturated rings. The molecule has 0 N–H and O–H groups in total. The summed E-state index contributed by atoms with van der Waals surface area (Å²) in [6.45, 7) is 2.62. The van der Waals surface area contributed by atoms with Gasteiger partial charge in [0.15, 0.2) is 0 Å². The average molecular weight is 369 g/mol. The lowest BCUT2D eigenvalue weighted by molar-refractivity contribution is -0.139. The summed E-state index contributed by atoms with van der Waals surface area (Å²) in [6, 6.07) is 19.8. The Labute approximate surface area is 158 Å². The molecule has 0 radical (unpaired) electrons. The van der Waals surface area contributed by atoms with E-state index < -0.39 is 0 Å². The quantitative estimate of drug-likeness (QED) is 0.382. The highest BCUT2D eigenvalue weighted by Crippen LogP contribution is 2.18. The molecule has 0 atom stereocenters. The first-order valence-electron chi connectivity index (χ1n) is 8.43. The zero-order chi connectivity index (χ0) is 18.6. The molecule has 136 valence electrons. The van der Waals surface area contributed by atoms with Crippen molar-refractivity contribution >= 4 is 23.6 Å². The van der Waals surface area contributed by atoms with Crippen LogP contribution in [0.5, 0.6) is 0 Å². The van der Waals surface area contributed by atoms with Gasteiger partial charge < -0.3 is 9.64 Å². The Kier molecular flexibility index (Phi) is 8.49. The van der Waals surface area contributed by atoms with Crippen LogP contribution in [0.15, 0.2) is 77.7 Å². The summed E-state index contributed by atoms with van der Waals surface area (Å²) in [4.78, 5) is 26.3. The highest BCUT2D eigenvalue weighted by atomic mass is 32.2. The van der Waals surface area contributed by atoms with Gasteiger partial charge in [0.05, 0.1) is 5.75 Å². The Hall–Kier alpha value is -2.53. The summed E-state index contributed by atoms with van der Waals surface area (Å²) in [5.41, 5.74) is 1.08. The number of esters is 1. The van der Waals surface area contributed by atoms with Crippen LogP contribution in [0.25, 0.3) is 0 Å². The lowest BCUT2D eigenvalue weighted by Gasteiger charge is -2.21. The fourth-order valence-corrected chi connectivity index (χ4v) is 3.07. The van der Waals surface area contributed by atoms with Crippen molar-refractivity contribution in [2.75, 3.05) is 18.9 Å². The highest BCUT2D eigenvalue weighted by Gasteiger charge is 2.13. The zero-order valence-electron chi connectivity index (χ0n) is 14.8. The Bertz CT molecular complexity index is 717. The molecule has 0 saturated heterocycles. The third kappa shape index (κ3) is 7.57. The normalized spacial score (nSPS) is 10.7. The Morgan fingerprint density at radius 2 is 1.65 bits per heavy atom. The van der Waals surface area contributed by atoms with E-state index in [1.165, 1.54) is 18.7 Å². The van der Waals surface area contributed by atoms with Crippen LogP contribution >= 0.6 is 11.8 Å². The van der Waals surface area contributed by atoms with Crippen molar-refractivity contribution in [2.45, 2.75) is 18.4 Å². The van der Waals surface area contributed by atoms with Gasteiger partial charge in [0.1, 0.15) is 6.61 Å². The lowest BCUT2D eigenvalue weighted by atomic mass is 10.2. The first-order chi connectivity index (χ1) is 12.6. The molecule has 0 heterocycles. The fourth-order valence-electron chi connectivity index (χ4n) is 2.25. The number of carbonyl (C=O) groups excluding carboxylic acids is 2. The molecule has 0 aromatic heterocycles. The van der Waals surface area contributed by atoms with Crippen molar-refractivity contribution < 1.29 is 14.3 Å². The van der Waals surface area contributed by atoms with Gasteiger partial charge in [-0.2, -0.15) is 0 Å². The topological polar surface area (TPSA) is 46.6 Å². The van der Waals surface area contributed by atoms with Gasteiger partial charge in [0.25, 0.3) is 0 Å². The van der Waals surface area contributed by atoms with E-state index in [0.29, 0.717) is 18.8 Å². The van der Waals surface area contributed by atoms with E-state index in [1.54, 1.807) is 11.0 Å². The van der Waals surface area contributed by atoms with Crippen LogP contribution in [0, 0.1) is 0 Å². The second kappa shape index (κ2) is 11.2. The summed E-state index contributed by atoms with van der Waals surface area (Å²) >= 11 is 1.53. The maximum atomic E-state index is 12.7. The smallest absolute Gasteiger partial charge is 0.302 e. The van der Waals surface area contributed by atoms with Crippen molar-refractivity contribution in [3.05, 3.63) is 78.4 Å². The molecular weight excluding hydrogens is 346 g/mol. The van der Waals surface area contributed by atoms with Gasteiger partial charge in [-0.1, -0.05) is 54.6 Å². The third-order valence-corrected chi connectivity index (χ3v) is 4.55. The van der Waals surface area contributed by atoms with Crippen LogP contribution < -0.4 is 0 Å². The number of benzene rings is 2. The summed E-state index contributed by atoms with van der Waals surface area (Å²) in [6.07, 6.45) is 3.62. The molecule has 2 rings (SSSR count). The molecule has 0 spiro atoms. The molecule has 0 bridgehead atoms. The van der Waals surface area contributed by atoms with E-state index in [0.717, 1.165) is 10.5 Å². The monoisotopic (exact) mass is 369 g/mol. The first-order valence-corrected chi connectivity index (χ1v) is 9.41. The zero-order valence-corrected chi connectivity index (χ0v) is 15.7. The maximum Gasteiger partial charge on any atom is 0.302 e. The molecule has 4 nitrogen and oxygen atoms in total. The minimum atomic E-state index is -0.314. The summed E-state index contributed by atoms with van der Waals surface area (Å²) in [5.74, 6) is 0.139. The van der Waals surface area contributed by atoms with Crippen molar-refractivity contribution in [1.29, 1.82) is 0 Å². The number of hydrogen-bond acceptors (Lipinski definition) is 4. The molecule has 0 aliphatic carbocycles. The van der Waals surface area contributed by atoms with Gasteiger partial charge in [-0.05, 0) is 23.8 Å². The first kappa shape index (κ1) is 19.8. The van der Waals surface area contributed by atoms with Crippen LogP contribution in [0.3, 0.4) is 0 Å². The molecule has 0 saturated carbocycles. The van der Waals surface area contributed by atoms with Gasteiger partial charge in [0, 0.05) is 24.9 Å². The number of nitrogens with zero attached hydrogens (tertiary/aromatic N) is 1. The van der Waals surface area contributed by atoms with Crippen LogP contribution in [0.4, 0.5) is 0 Å². The van der Waals surface area contributed by atoms with E-state index in [1.807, 2.05) is 66.7 Å². The third-order valence-electron chi connectivity index (χ3n) is 3.55.